The number of hydrogen-bond donors (Lipinski definition) is 1. The molecule has 1 aliphatic heterocycles. The van der Waals surface area contributed by atoms with Crippen molar-refractivity contribution < 1.29 is 9.53 Å². The average molecular weight is 455 g/mol. The molecule has 1 amide bonds. The number of piperidine rings is 1. The molecule has 0 unspecified atom stereocenters. The molecule has 2 aromatic heterocycles. The number of carbonyl (C=O) groups excluding carboxylic acids is 1. The van der Waals surface area contributed by atoms with Crippen LogP contribution in [0.2, 0.25) is 0 Å². The molecule has 0 atom stereocenters. The van der Waals surface area contributed by atoms with Gasteiger partial charge >= 0.3 is 0 Å². The van der Waals surface area contributed by atoms with E-state index in [0.29, 0.717) is 24.4 Å². The Labute approximate surface area is 192 Å². The van der Waals surface area contributed by atoms with Crippen molar-refractivity contribution in [3.05, 3.63) is 36.0 Å². The van der Waals surface area contributed by atoms with Crippen LogP contribution in [-0.4, -0.2) is 58.2 Å². The molecule has 3 heterocycles. The van der Waals surface area contributed by atoms with Gasteiger partial charge in [0.1, 0.15) is 11.6 Å². The summed E-state index contributed by atoms with van der Waals surface area (Å²) >= 11 is 1.68. The van der Waals surface area contributed by atoms with Gasteiger partial charge in [-0.25, -0.2) is 14.6 Å². The number of benzene rings is 1. The van der Waals surface area contributed by atoms with Crippen LogP contribution in [0.25, 0.3) is 11.0 Å². The van der Waals surface area contributed by atoms with Crippen LogP contribution in [0.1, 0.15) is 43.0 Å². The molecule has 1 aliphatic rings. The first-order valence-corrected chi connectivity index (χ1v) is 12.2. The summed E-state index contributed by atoms with van der Waals surface area (Å²) in [5, 5.41) is 9.31. The first kappa shape index (κ1) is 22.4. The first-order valence-electron chi connectivity index (χ1n) is 11.2. The minimum atomic E-state index is -0.165. The van der Waals surface area contributed by atoms with Crippen molar-refractivity contribution in [1.82, 2.24) is 25.1 Å². The molecule has 9 heteroatoms. The van der Waals surface area contributed by atoms with Crippen LogP contribution >= 0.6 is 11.8 Å². The molecule has 8 nitrogen and oxygen atoms in total. The van der Waals surface area contributed by atoms with Gasteiger partial charge in [-0.3, -0.25) is 4.79 Å². The summed E-state index contributed by atoms with van der Waals surface area (Å²) in [6.07, 6.45) is 6.57. The van der Waals surface area contributed by atoms with Crippen molar-refractivity contribution in [2.75, 3.05) is 37.4 Å². The number of thioether (sulfide) groups is 1. The molecule has 1 N–H and O–H groups in total. The van der Waals surface area contributed by atoms with Gasteiger partial charge < -0.3 is 15.0 Å². The number of para-hydroxylation sites is 1. The standard InChI is InChI=1S/C23H30N6O2S/c1-3-15-32-23-26-20(28-12-7-4-8-13-28)18-16-25-29(21(18)27-23)14-11-24-22(30)17-9-5-6-10-19(17)31-2/h5-6,9-10,16H,3-4,7-8,11-15H2,1-2H3,(H,24,30). The van der Waals surface area contributed by atoms with Gasteiger partial charge in [0, 0.05) is 25.4 Å². The molecule has 0 aliphatic carbocycles. The number of rotatable bonds is 9. The number of nitrogens with one attached hydrogen (secondary N) is 1. The molecule has 4 rings (SSSR count). The normalized spacial score (nSPS) is 14.0. The van der Waals surface area contributed by atoms with Gasteiger partial charge in [0.05, 0.1) is 30.8 Å². The predicted octanol–water partition coefficient (Wildman–Crippen LogP) is 3.76. The van der Waals surface area contributed by atoms with Gasteiger partial charge in [0.2, 0.25) is 0 Å². The number of nitrogens with zero attached hydrogens (tertiary/aromatic N) is 5. The summed E-state index contributed by atoms with van der Waals surface area (Å²) in [4.78, 5) is 24.6. The van der Waals surface area contributed by atoms with E-state index in [4.69, 9.17) is 14.7 Å². The monoisotopic (exact) mass is 454 g/mol. The minimum absolute atomic E-state index is 0.165. The quantitative estimate of drug-likeness (QED) is 0.389. The van der Waals surface area contributed by atoms with Gasteiger partial charge in [0.25, 0.3) is 5.91 Å². The Hall–Kier alpha value is -2.81. The fourth-order valence-electron chi connectivity index (χ4n) is 3.89. The number of aromatic nitrogens is 4. The van der Waals surface area contributed by atoms with Crippen LogP contribution in [0.15, 0.2) is 35.6 Å². The van der Waals surface area contributed by atoms with Gasteiger partial charge in [-0.05, 0) is 37.8 Å². The highest BCUT2D eigenvalue weighted by Crippen LogP contribution is 2.29. The maximum Gasteiger partial charge on any atom is 0.255 e. The van der Waals surface area contributed by atoms with E-state index in [1.807, 2.05) is 23.0 Å². The van der Waals surface area contributed by atoms with Crippen LogP contribution in [0.3, 0.4) is 0 Å². The zero-order valence-electron chi connectivity index (χ0n) is 18.7. The van der Waals surface area contributed by atoms with E-state index < -0.39 is 0 Å². The van der Waals surface area contributed by atoms with Crippen LogP contribution in [0.5, 0.6) is 5.75 Å². The third-order valence-electron chi connectivity index (χ3n) is 5.51. The fraction of sp³-hybridized carbons (Fsp3) is 0.478. The largest absolute Gasteiger partial charge is 0.496 e. The number of amides is 1. The van der Waals surface area contributed by atoms with E-state index in [1.165, 1.54) is 19.3 Å². The third-order valence-corrected chi connectivity index (χ3v) is 6.56. The molecular weight excluding hydrogens is 424 g/mol. The van der Waals surface area contributed by atoms with Gasteiger partial charge in [-0.15, -0.1) is 0 Å². The summed E-state index contributed by atoms with van der Waals surface area (Å²) in [6, 6.07) is 7.21. The second-order valence-electron chi connectivity index (χ2n) is 7.79. The highest BCUT2D eigenvalue weighted by molar-refractivity contribution is 7.99. The number of carbonyl (C=O) groups is 1. The van der Waals surface area contributed by atoms with Crippen molar-refractivity contribution in [3.8, 4) is 5.75 Å². The van der Waals surface area contributed by atoms with E-state index in [9.17, 15) is 4.79 Å². The predicted molar refractivity (Wildman–Crippen MR) is 128 cm³/mol. The average Bonchev–Trinajstić information content (AvgIpc) is 3.25. The van der Waals surface area contributed by atoms with Crippen molar-refractivity contribution >= 4 is 34.5 Å². The SMILES string of the molecule is CCCSc1nc(N2CCCCC2)c2cnn(CCNC(=O)c3ccccc3OC)c2n1. The molecule has 0 saturated carbocycles. The van der Waals surface area contributed by atoms with E-state index in [1.54, 1.807) is 31.0 Å². The van der Waals surface area contributed by atoms with Crippen LogP contribution < -0.4 is 15.0 Å². The second kappa shape index (κ2) is 10.7. The van der Waals surface area contributed by atoms with Gasteiger partial charge in [-0.2, -0.15) is 5.10 Å². The number of anilines is 1. The zero-order valence-corrected chi connectivity index (χ0v) is 19.5. The molecule has 1 aromatic carbocycles. The molecular formula is C23H30N6O2S. The van der Waals surface area contributed by atoms with E-state index in [-0.39, 0.29) is 5.91 Å². The first-order chi connectivity index (χ1) is 15.7. The molecule has 170 valence electrons. The number of fused-ring (bicyclic) bond motifs is 1. The Morgan fingerprint density at radius 3 is 2.78 bits per heavy atom. The van der Waals surface area contributed by atoms with Crippen molar-refractivity contribution in [1.29, 1.82) is 0 Å². The van der Waals surface area contributed by atoms with Crippen LogP contribution in [0.4, 0.5) is 5.82 Å². The Balaban J connectivity index is 1.53. The summed E-state index contributed by atoms with van der Waals surface area (Å²) < 4.78 is 7.15. The van der Waals surface area contributed by atoms with Gasteiger partial charge in [0.15, 0.2) is 10.8 Å². The number of methoxy groups -OCH3 is 1. The number of hydrogen-bond acceptors (Lipinski definition) is 7. The zero-order chi connectivity index (χ0) is 22.3. The lowest BCUT2D eigenvalue weighted by atomic mass is 10.1. The lowest BCUT2D eigenvalue weighted by Gasteiger charge is -2.28. The van der Waals surface area contributed by atoms with Crippen LogP contribution in [-0.2, 0) is 6.54 Å². The maximum absolute atomic E-state index is 12.6. The highest BCUT2D eigenvalue weighted by Gasteiger charge is 2.20. The lowest BCUT2D eigenvalue weighted by Crippen LogP contribution is -2.30. The maximum atomic E-state index is 12.6. The highest BCUT2D eigenvalue weighted by atomic mass is 32.2. The smallest absolute Gasteiger partial charge is 0.255 e. The Morgan fingerprint density at radius 2 is 2.00 bits per heavy atom. The number of ether oxygens (including phenoxy) is 1. The summed E-state index contributed by atoms with van der Waals surface area (Å²) in [7, 11) is 1.57. The van der Waals surface area contributed by atoms with Crippen molar-refractivity contribution in [2.24, 2.45) is 0 Å². The Bertz CT molecular complexity index is 1060. The Morgan fingerprint density at radius 1 is 1.19 bits per heavy atom. The van der Waals surface area contributed by atoms with E-state index in [2.05, 4.69) is 22.2 Å². The molecule has 32 heavy (non-hydrogen) atoms. The van der Waals surface area contributed by atoms with Crippen molar-refractivity contribution in [2.45, 2.75) is 44.3 Å². The molecule has 0 spiro atoms. The minimum Gasteiger partial charge on any atom is -0.496 e. The second-order valence-corrected chi connectivity index (χ2v) is 8.85. The van der Waals surface area contributed by atoms with E-state index >= 15 is 0 Å². The van der Waals surface area contributed by atoms with E-state index in [0.717, 1.165) is 47.3 Å². The van der Waals surface area contributed by atoms with Crippen molar-refractivity contribution in [3.63, 3.8) is 0 Å². The summed E-state index contributed by atoms with van der Waals surface area (Å²) in [6.45, 7) is 5.16. The fourth-order valence-corrected chi connectivity index (χ4v) is 4.58. The summed E-state index contributed by atoms with van der Waals surface area (Å²) in [5.41, 5.74) is 1.35. The third kappa shape index (κ3) is 4.98. The molecule has 0 radical (unpaired) electrons. The summed E-state index contributed by atoms with van der Waals surface area (Å²) in [5.74, 6) is 2.36. The molecule has 0 bridgehead atoms. The molecule has 1 fully saturated rings. The Kier molecular flexibility index (Phi) is 7.47. The topological polar surface area (TPSA) is 85.2 Å². The molecule has 1 saturated heterocycles. The lowest BCUT2D eigenvalue weighted by molar-refractivity contribution is 0.0949. The molecule has 3 aromatic rings. The van der Waals surface area contributed by atoms with Gasteiger partial charge in [-0.1, -0.05) is 30.8 Å². The van der Waals surface area contributed by atoms with Crippen LogP contribution in [0, 0.1) is 0 Å².